The largest absolute Gasteiger partial charge is 0.393 e. The van der Waals surface area contributed by atoms with E-state index < -0.39 is 0 Å². The molecule has 0 spiro atoms. The Hall–Kier alpha value is 0.250. The van der Waals surface area contributed by atoms with E-state index in [4.69, 9.17) is 11.6 Å². The van der Waals surface area contributed by atoms with E-state index in [1.54, 1.807) is 0 Å². The maximum atomic E-state index is 9.28. The van der Waals surface area contributed by atoms with Gasteiger partial charge in [0.15, 0.2) is 0 Å². The molecule has 1 fully saturated rings. The van der Waals surface area contributed by atoms with Crippen LogP contribution in [0, 0.1) is 5.92 Å². The van der Waals surface area contributed by atoms with Gasteiger partial charge in [-0.1, -0.05) is 12.8 Å². The van der Waals surface area contributed by atoms with Gasteiger partial charge in [0.2, 0.25) is 0 Å². The lowest BCUT2D eigenvalue weighted by atomic mass is 9.88. The molecule has 2 atom stereocenters. The number of hydrogen-bond acceptors (Lipinski definition) is 1. The van der Waals surface area contributed by atoms with Gasteiger partial charge < -0.3 is 5.11 Å². The third kappa shape index (κ3) is 1.84. The van der Waals surface area contributed by atoms with Crippen molar-refractivity contribution < 1.29 is 5.11 Å². The molecule has 1 saturated carbocycles. The molecule has 0 bridgehead atoms. The molecule has 0 radical (unpaired) electrons. The average molecular weight is 149 g/mol. The number of halogens is 1. The fraction of sp³-hybridized carbons (Fsp3) is 1.00. The van der Waals surface area contributed by atoms with E-state index in [1.807, 2.05) is 0 Å². The van der Waals surface area contributed by atoms with Crippen molar-refractivity contribution in [2.75, 3.05) is 5.88 Å². The van der Waals surface area contributed by atoms with Crippen LogP contribution in [0.4, 0.5) is 0 Å². The van der Waals surface area contributed by atoms with Crippen LogP contribution in [-0.2, 0) is 0 Å². The molecule has 0 aromatic carbocycles. The van der Waals surface area contributed by atoms with Crippen LogP contribution in [0.15, 0.2) is 0 Å². The first kappa shape index (κ1) is 7.36. The Labute approximate surface area is 61.0 Å². The molecule has 0 amide bonds. The van der Waals surface area contributed by atoms with Crippen molar-refractivity contribution in [2.45, 2.75) is 31.8 Å². The number of aliphatic hydroxyl groups is 1. The standard InChI is InChI=1S/C7H13ClO/c8-5-6-3-1-2-4-7(6)9/h6-7,9H,1-5H2. The van der Waals surface area contributed by atoms with Crippen molar-refractivity contribution in [3.8, 4) is 0 Å². The van der Waals surface area contributed by atoms with Crippen molar-refractivity contribution in [3.05, 3.63) is 0 Å². The predicted molar refractivity (Wildman–Crippen MR) is 38.7 cm³/mol. The molecule has 2 unspecified atom stereocenters. The highest BCUT2D eigenvalue weighted by molar-refractivity contribution is 6.18. The molecule has 9 heavy (non-hydrogen) atoms. The first-order valence-electron chi connectivity index (χ1n) is 3.58. The highest BCUT2D eigenvalue weighted by Gasteiger charge is 2.21. The van der Waals surface area contributed by atoms with Crippen LogP contribution in [0.1, 0.15) is 25.7 Å². The SMILES string of the molecule is OC1CCCCC1CCl. The third-order valence-corrected chi connectivity index (χ3v) is 2.46. The van der Waals surface area contributed by atoms with Gasteiger partial charge in [0.25, 0.3) is 0 Å². The molecule has 1 aliphatic carbocycles. The average Bonchev–Trinajstić information content (AvgIpc) is 1.89. The van der Waals surface area contributed by atoms with Crippen LogP contribution in [0.2, 0.25) is 0 Å². The topological polar surface area (TPSA) is 20.2 Å². The fourth-order valence-electron chi connectivity index (χ4n) is 1.37. The lowest BCUT2D eigenvalue weighted by molar-refractivity contribution is 0.0810. The molecule has 2 heteroatoms. The van der Waals surface area contributed by atoms with Crippen LogP contribution in [0.25, 0.3) is 0 Å². The van der Waals surface area contributed by atoms with Crippen molar-refractivity contribution in [1.82, 2.24) is 0 Å². The molecule has 0 heterocycles. The second-order valence-electron chi connectivity index (χ2n) is 2.77. The summed E-state index contributed by atoms with van der Waals surface area (Å²) in [5.41, 5.74) is 0. The molecule has 1 rings (SSSR count). The summed E-state index contributed by atoms with van der Waals surface area (Å²) >= 11 is 5.62. The maximum Gasteiger partial charge on any atom is 0.0579 e. The summed E-state index contributed by atoms with van der Waals surface area (Å²) in [6.45, 7) is 0. The van der Waals surface area contributed by atoms with Gasteiger partial charge in [-0.3, -0.25) is 0 Å². The highest BCUT2D eigenvalue weighted by Crippen LogP contribution is 2.24. The lowest BCUT2D eigenvalue weighted by Gasteiger charge is -2.25. The molecule has 0 saturated heterocycles. The summed E-state index contributed by atoms with van der Waals surface area (Å²) in [4.78, 5) is 0. The van der Waals surface area contributed by atoms with Crippen LogP contribution in [0.5, 0.6) is 0 Å². The third-order valence-electron chi connectivity index (χ3n) is 2.07. The molecule has 0 aliphatic heterocycles. The first-order chi connectivity index (χ1) is 4.34. The van der Waals surface area contributed by atoms with Crippen molar-refractivity contribution in [1.29, 1.82) is 0 Å². The van der Waals surface area contributed by atoms with Crippen LogP contribution in [0.3, 0.4) is 0 Å². The zero-order valence-corrected chi connectivity index (χ0v) is 6.27. The van der Waals surface area contributed by atoms with Gasteiger partial charge in [0.05, 0.1) is 6.10 Å². The van der Waals surface area contributed by atoms with E-state index in [1.165, 1.54) is 12.8 Å². The number of alkyl halides is 1. The molecule has 0 aromatic rings. The van der Waals surface area contributed by atoms with Crippen molar-refractivity contribution in [3.63, 3.8) is 0 Å². The highest BCUT2D eigenvalue weighted by atomic mass is 35.5. The first-order valence-corrected chi connectivity index (χ1v) is 4.12. The lowest BCUT2D eigenvalue weighted by Crippen LogP contribution is -2.25. The van der Waals surface area contributed by atoms with Crippen LogP contribution >= 0.6 is 11.6 Å². The van der Waals surface area contributed by atoms with E-state index in [2.05, 4.69) is 0 Å². The summed E-state index contributed by atoms with van der Waals surface area (Å²) < 4.78 is 0. The van der Waals surface area contributed by atoms with Crippen LogP contribution in [-0.4, -0.2) is 17.1 Å². The molecular formula is C7H13ClO. The van der Waals surface area contributed by atoms with E-state index in [0.29, 0.717) is 11.8 Å². The Kier molecular flexibility index (Phi) is 2.80. The molecule has 1 aliphatic rings. The maximum absolute atomic E-state index is 9.28. The monoisotopic (exact) mass is 148 g/mol. The Morgan fingerprint density at radius 3 is 2.44 bits per heavy atom. The predicted octanol–water partition coefficient (Wildman–Crippen LogP) is 1.78. The zero-order chi connectivity index (χ0) is 6.69. The van der Waals surface area contributed by atoms with Crippen molar-refractivity contribution in [2.24, 2.45) is 5.92 Å². The smallest absolute Gasteiger partial charge is 0.0579 e. The number of aliphatic hydroxyl groups excluding tert-OH is 1. The molecule has 54 valence electrons. The summed E-state index contributed by atoms with van der Waals surface area (Å²) in [5.74, 6) is 1.00. The van der Waals surface area contributed by atoms with Gasteiger partial charge in [0, 0.05) is 5.88 Å². The van der Waals surface area contributed by atoms with E-state index >= 15 is 0 Å². The molecule has 1 nitrogen and oxygen atoms in total. The zero-order valence-electron chi connectivity index (χ0n) is 5.52. The molecular weight excluding hydrogens is 136 g/mol. The van der Waals surface area contributed by atoms with Gasteiger partial charge in [-0.25, -0.2) is 0 Å². The molecule has 0 aromatic heterocycles. The van der Waals surface area contributed by atoms with Gasteiger partial charge in [-0.15, -0.1) is 11.6 Å². The van der Waals surface area contributed by atoms with E-state index in [-0.39, 0.29) is 6.10 Å². The Morgan fingerprint density at radius 1 is 1.33 bits per heavy atom. The number of rotatable bonds is 1. The van der Waals surface area contributed by atoms with Gasteiger partial charge in [-0.05, 0) is 18.8 Å². The fourth-order valence-corrected chi connectivity index (χ4v) is 1.73. The summed E-state index contributed by atoms with van der Waals surface area (Å²) in [5, 5.41) is 9.28. The van der Waals surface area contributed by atoms with E-state index in [9.17, 15) is 5.11 Å². The number of hydrogen-bond donors (Lipinski definition) is 1. The van der Waals surface area contributed by atoms with Crippen LogP contribution < -0.4 is 0 Å². The van der Waals surface area contributed by atoms with Gasteiger partial charge in [0.1, 0.15) is 0 Å². The van der Waals surface area contributed by atoms with Gasteiger partial charge in [-0.2, -0.15) is 0 Å². The minimum Gasteiger partial charge on any atom is -0.393 e. The second kappa shape index (κ2) is 3.43. The van der Waals surface area contributed by atoms with Gasteiger partial charge >= 0.3 is 0 Å². The molecule has 1 N–H and O–H groups in total. The Morgan fingerprint density at radius 2 is 2.00 bits per heavy atom. The Balaban J connectivity index is 2.30. The van der Waals surface area contributed by atoms with Crippen molar-refractivity contribution >= 4 is 11.6 Å². The minimum absolute atomic E-state index is 0.115. The minimum atomic E-state index is -0.115. The second-order valence-corrected chi connectivity index (χ2v) is 3.07. The Bertz CT molecular complexity index is 85.0. The summed E-state index contributed by atoms with van der Waals surface area (Å²) in [6, 6.07) is 0. The normalized spacial score (nSPS) is 36.7. The quantitative estimate of drug-likeness (QED) is 0.562. The van der Waals surface area contributed by atoms with E-state index in [0.717, 1.165) is 12.8 Å². The summed E-state index contributed by atoms with van der Waals surface area (Å²) in [6.07, 6.45) is 4.38. The summed E-state index contributed by atoms with van der Waals surface area (Å²) in [7, 11) is 0.